The van der Waals surface area contributed by atoms with Gasteiger partial charge in [0, 0.05) is 48.6 Å². The van der Waals surface area contributed by atoms with Crippen molar-refractivity contribution in [1.82, 2.24) is 14.9 Å². The highest BCUT2D eigenvalue weighted by Gasteiger charge is 2.46. The largest absolute Gasteiger partial charge is 0.461 e. The molecule has 7 nitrogen and oxygen atoms in total. The van der Waals surface area contributed by atoms with Gasteiger partial charge in [0.2, 0.25) is 0 Å². The Hall–Kier alpha value is -3.19. The number of Topliss-reactive ketones (excluding diaryl/α,β-unsaturated/α-hetero) is 1. The highest BCUT2D eigenvalue weighted by atomic mass is 16.5. The molecule has 0 N–H and O–H groups in total. The number of benzene rings is 2. The number of hydrogen-bond acceptors (Lipinski definition) is 7. The fourth-order valence-electron chi connectivity index (χ4n) is 8.75. The number of ether oxygens (including phenoxy) is 1. The molecule has 4 fully saturated rings. The van der Waals surface area contributed by atoms with E-state index in [0.29, 0.717) is 24.3 Å². The van der Waals surface area contributed by atoms with Gasteiger partial charge in [-0.25, -0.2) is 0 Å². The molecule has 0 radical (unpaired) electrons. The van der Waals surface area contributed by atoms with E-state index < -0.39 is 0 Å². The predicted molar refractivity (Wildman–Crippen MR) is 162 cm³/mol. The number of fused-ring (bicyclic) bond motifs is 4. The third-order valence-corrected chi connectivity index (χ3v) is 10.9. The molecule has 5 aliphatic rings. The molecule has 41 heavy (non-hydrogen) atoms. The van der Waals surface area contributed by atoms with E-state index in [1.807, 2.05) is 0 Å². The first-order valence-electron chi connectivity index (χ1n) is 15.9. The van der Waals surface area contributed by atoms with E-state index in [9.17, 15) is 4.79 Å². The topological polar surface area (TPSA) is 61.8 Å². The van der Waals surface area contributed by atoms with Crippen molar-refractivity contribution in [3.05, 3.63) is 53.2 Å². The monoisotopic (exact) mass is 551 g/mol. The number of carbonyl (C=O) groups is 1. The molecule has 8 rings (SSSR count). The van der Waals surface area contributed by atoms with Gasteiger partial charge in [0.05, 0.1) is 17.8 Å². The summed E-state index contributed by atoms with van der Waals surface area (Å²) in [4.78, 5) is 30.4. The lowest BCUT2D eigenvalue weighted by Crippen LogP contribution is -2.43. The molecule has 0 bridgehead atoms. The molecular formula is C34H41N5O2. The number of aromatic nitrogens is 2. The number of rotatable bonds is 6. The molecule has 1 aromatic heterocycles. The molecule has 0 amide bonds. The molecule has 2 unspecified atom stereocenters. The first kappa shape index (κ1) is 25.5. The van der Waals surface area contributed by atoms with Crippen LogP contribution in [0.4, 0.5) is 11.5 Å². The Labute approximate surface area is 242 Å². The summed E-state index contributed by atoms with van der Waals surface area (Å²) in [6, 6.07) is 13.9. The smallest absolute Gasteiger partial charge is 0.318 e. The Balaban J connectivity index is 1.15. The standard InChI is InChI=1S/C34H41N5O2/c1-2-23-7-3-8-24-9-4-10-29(31(23)24)37-18-13-26-28(21-37)35-33(41-22-34-14-5-16-39(34)17-6-15-34)36-32(26)38-19-25-11-12-30(40)27(25)20-38/h3-4,7-10,25,27H,2,5-6,11-22H2,1H3. The van der Waals surface area contributed by atoms with E-state index in [4.69, 9.17) is 14.7 Å². The second-order valence-electron chi connectivity index (χ2n) is 13.1. The summed E-state index contributed by atoms with van der Waals surface area (Å²) < 4.78 is 6.55. The van der Waals surface area contributed by atoms with Crippen LogP contribution in [0.15, 0.2) is 36.4 Å². The minimum absolute atomic E-state index is 0.155. The number of anilines is 2. The first-order chi connectivity index (χ1) is 20.1. The van der Waals surface area contributed by atoms with E-state index in [-0.39, 0.29) is 11.5 Å². The van der Waals surface area contributed by atoms with Crippen LogP contribution in [-0.4, -0.2) is 65.5 Å². The Morgan fingerprint density at radius 1 is 0.976 bits per heavy atom. The van der Waals surface area contributed by atoms with Crippen molar-refractivity contribution in [2.75, 3.05) is 49.1 Å². The second-order valence-corrected chi connectivity index (χ2v) is 13.1. The van der Waals surface area contributed by atoms with E-state index in [1.165, 1.54) is 66.4 Å². The number of aryl methyl sites for hydroxylation is 1. The van der Waals surface area contributed by atoms with Crippen LogP contribution in [0.5, 0.6) is 6.01 Å². The van der Waals surface area contributed by atoms with Crippen molar-refractivity contribution in [3.8, 4) is 6.01 Å². The van der Waals surface area contributed by atoms with Gasteiger partial charge in [-0.3, -0.25) is 9.69 Å². The fourth-order valence-corrected chi connectivity index (χ4v) is 8.75. The maximum Gasteiger partial charge on any atom is 0.318 e. The quantitative estimate of drug-likeness (QED) is 0.419. The molecule has 214 valence electrons. The summed E-state index contributed by atoms with van der Waals surface area (Å²) in [6.45, 7) is 8.66. The van der Waals surface area contributed by atoms with Crippen LogP contribution < -0.4 is 14.5 Å². The summed E-state index contributed by atoms with van der Waals surface area (Å²) in [5.74, 6) is 2.08. The SMILES string of the molecule is CCc1cccc2cccc(N3CCc4c(nc(OCC56CCCN5CCC6)nc4N4CC5CCC(=O)C5C4)C3)c12. The number of ketones is 1. The lowest BCUT2D eigenvalue weighted by Gasteiger charge is -2.34. The lowest BCUT2D eigenvalue weighted by molar-refractivity contribution is -0.120. The molecule has 1 saturated carbocycles. The molecule has 5 heterocycles. The predicted octanol–water partition coefficient (Wildman–Crippen LogP) is 5.18. The highest BCUT2D eigenvalue weighted by molar-refractivity contribution is 5.97. The van der Waals surface area contributed by atoms with Gasteiger partial charge < -0.3 is 14.5 Å². The maximum absolute atomic E-state index is 12.6. The zero-order valence-electron chi connectivity index (χ0n) is 24.3. The summed E-state index contributed by atoms with van der Waals surface area (Å²) in [5.41, 5.74) is 5.17. The minimum atomic E-state index is 0.155. The molecule has 4 aliphatic heterocycles. The van der Waals surface area contributed by atoms with Gasteiger partial charge in [0.25, 0.3) is 0 Å². The van der Waals surface area contributed by atoms with Crippen molar-refractivity contribution in [2.24, 2.45) is 11.8 Å². The van der Waals surface area contributed by atoms with Crippen LogP contribution in [0.3, 0.4) is 0 Å². The number of nitrogens with zero attached hydrogens (tertiary/aromatic N) is 5. The Morgan fingerprint density at radius 2 is 1.80 bits per heavy atom. The second kappa shape index (κ2) is 9.97. The average molecular weight is 552 g/mol. The van der Waals surface area contributed by atoms with Crippen LogP contribution >= 0.6 is 0 Å². The van der Waals surface area contributed by atoms with Crippen LogP contribution in [0, 0.1) is 11.8 Å². The summed E-state index contributed by atoms with van der Waals surface area (Å²) in [7, 11) is 0. The van der Waals surface area contributed by atoms with Gasteiger partial charge in [-0.2, -0.15) is 9.97 Å². The Morgan fingerprint density at radius 3 is 2.61 bits per heavy atom. The molecule has 3 saturated heterocycles. The number of carbonyl (C=O) groups excluding carboxylic acids is 1. The van der Waals surface area contributed by atoms with Gasteiger partial charge in [-0.15, -0.1) is 0 Å². The van der Waals surface area contributed by atoms with E-state index in [1.54, 1.807) is 0 Å². The zero-order valence-corrected chi connectivity index (χ0v) is 24.3. The summed E-state index contributed by atoms with van der Waals surface area (Å²) in [5, 5.41) is 2.66. The van der Waals surface area contributed by atoms with Gasteiger partial charge in [-0.1, -0.05) is 37.3 Å². The van der Waals surface area contributed by atoms with E-state index in [2.05, 4.69) is 58.0 Å². The fraction of sp³-hybridized carbons (Fsp3) is 0.559. The van der Waals surface area contributed by atoms with E-state index >= 15 is 0 Å². The average Bonchev–Trinajstić information content (AvgIpc) is 3.77. The van der Waals surface area contributed by atoms with Crippen LogP contribution in [0.25, 0.3) is 10.8 Å². The first-order valence-corrected chi connectivity index (χ1v) is 15.9. The van der Waals surface area contributed by atoms with Crippen molar-refractivity contribution in [3.63, 3.8) is 0 Å². The molecule has 2 atom stereocenters. The Bertz CT molecular complexity index is 1490. The van der Waals surface area contributed by atoms with Crippen molar-refractivity contribution >= 4 is 28.1 Å². The molecule has 0 spiro atoms. The van der Waals surface area contributed by atoms with Gasteiger partial charge in [0.15, 0.2) is 0 Å². The van der Waals surface area contributed by atoms with Crippen LogP contribution in [0.2, 0.25) is 0 Å². The van der Waals surface area contributed by atoms with Gasteiger partial charge in [-0.05, 0) is 81.0 Å². The van der Waals surface area contributed by atoms with Crippen molar-refractivity contribution in [2.45, 2.75) is 70.4 Å². The third-order valence-electron chi connectivity index (χ3n) is 10.9. The summed E-state index contributed by atoms with van der Waals surface area (Å²) >= 11 is 0. The zero-order chi connectivity index (χ0) is 27.6. The molecular weight excluding hydrogens is 510 g/mol. The lowest BCUT2D eigenvalue weighted by atomic mass is 9.95. The molecule has 7 heteroatoms. The minimum Gasteiger partial charge on any atom is -0.461 e. The Kier molecular flexibility index (Phi) is 6.20. The highest BCUT2D eigenvalue weighted by Crippen LogP contribution is 2.42. The van der Waals surface area contributed by atoms with Crippen LogP contribution in [0.1, 0.15) is 62.3 Å². The van der Waals surface area contributed by atoms with E-state index in [0.717, 1.165) is 63.4 Å². The van der Waals surface area contributed by atoms with Gasteiger partial charge in [0.1, 0.15) is 18.2 Å². The third kappa shape index (κ3) is 4.22. The molecule has 3 aromatic rings. The van der Waals surface area contributed by atoms with Crippen LogP contribution in [-0.2, 0) is 24.2 Å². The van der Waals surface area contributed by atoms with Gasteiger partial charge >= 0.3 is 6.01 Å². The normalized spacial score (nSPS) is 25.1. The summed E-state index contributed by atoms with van der Waals surface area (Å²) in [6.07, 6.45) is 8.59. The van der Waals surface area contributed by atoms with Crippen molar-refractivity contribution in [1.29, 1.82) is 0 Å². The molecule has 2 aromatic carbocycles. The number of hydrogen-bond donors (Lipinski definition) is 0. The molecule has 1 aliphatic carbocycles. The van der Waals surface area contributed by atoms with Crippen molar-refractivity contribution < 1.29 is 9.53 Å². The maximum atomic E-state index is 12.6.